The first-order valence-corrected chi connectivity index (χ1v) is 5.96. The fourth-order valence-electron chi connectivity index (χ4n) is 1.87. The molecule has 2 rings (SSSR count). The van der Waals surface area contributed by atoms with Crippen LogP contribution in [-0.2, 0) is 6.42 Å². The first-order chi connectivity index (χ1) is 8.81. The van der Waals surface area contributed by atoms with E-state index in [1.807, 2.05) is 30.1 Å². The molecule has 18 heavy (non-hydrogen) atoms. The molecule has 0 N–H and O–H groups in total. The third kappa shape index (κ3) is 2.94. The van der Waals surface area contributed by atoms with Gasteiger partial charge >= 0.3 is 0 Å². The highest BCUT2D eigenvalue weighted by Crippen LogP contribution is 2.14. The van der Waals surface area contributed by atoms with Gasteiger partial charge in [-0.1, -0.05) is 30.3 Å². The number of hydrogen-bond donors (Lipinski definition) is 0. The van der Waals surface area contributed by atoms with Gasteiger partial charge in [0.25, 0.3) is 0 Å². The van der Waals surface area contributed by atoms with E-state index in [0.29, 0.717) is 5.56 Å². The van der Waals surface area contributed by atoms with Crippen molar-refractivity contribution < 1.29 is 4.79 Å². The molecule has 1 heterocycles. The molecule has 0 atom stereocenters. The Morgan fingerprint density at radius 3 is 2.67 bits per heavy atom. The molecule has 0 radical (unpaired) electrons. The fourth-order valence-corrected chi connectivity index (χ4v) is 1.87. The number of benzene rings is 1. The van der Waals surface area contributed by atoms with Crippen LogP contribution >= 0.6 is 0 Å². The molecule has 0 saturated carbocycles. The van der Waals surface area contributed by atoms with Crippen LogP contribution < -0.4 is 4.90 Å². The highest BCUT2D eigenvalue weighted by molar-refractivity contribution is 5.82. The van der Waals surface area contributed by atoms with E-state index in [9.17, 15) is 4.79 Å². The number of nitrogens with zero attached hydrogens (tertiary/aromatic N) is 2. The lowest BCUT2D eigenvalue weighted by Gasteiger charge is -2.19. The Labute approximate surface area is 107 Å². The number of carbonyl (C=O) groups is 1. The minimum Gasteiger partial charge on any atom is -0.359 e. The Kier molecular flexibility index (Phi) is 4.07. The minimum atomic E-state index is 0.632. The minimum absolute atomic E-state index is 0.632. The van der Waals surface area contributed by atoms with Crippen molar-refractivity contribution in [1.82, 2.24) is 4.98 Å². The number of carbonyl (C=O) groups excluding carboxylic acids is 1. The lowest BCUT2D eigenvalue weighted by Crippen LogP contribution is -2.22. The summed E-state index contributed by atoms with van der Waals surface area (Å²) in [5.74, 6) is 0.739. The van der Waals surface area contributed by atoms with Crippen molar-refractivity contribution in [2.75, 3.05) is 18.5 Å². The van der Waals surface area contributed by atoms with Crippen molar-refractivity contribution in [2.45, 2.75) is 6.42 Å². The highest BCUT2D eigenvalue weighted by atomic mass is 16.1. The Balaban J connectivity index is 2.04. The molecule has 0 spiro atoms. The molecular weight excluding hydrogens is 224 g/mol. The largest absolute Gasteiger partial charge is 0.359 e. The molecule has 0 aliphatic heterocycles. The van der Waals surface area contributed by atoms with E-state index in [1.54, 1.807) is 18.3 Å². The Morgan fingerprint density at radius 1 is 1.17 bits per heavy atom. The number of rotatable bonds is 5. The summed E-state index contributed by atoms with van der Waals surface area (Å²) in [6.45, 7) is 0.835. The average Bonchev–Trinajstić information content (AvgIpc) is 2.45. The monoisotopic (exact) mass is 240 g/mol. The Hall–Kier alpha value is -2.16. The van der Waals surface area contributed by atoms with Crippen LogP contribution in [0, 0.1) is 0 Å². The number of hydrogen-bond acceptors (Lipinski definition) is 3. The summed E-state index contributed by atoms with van der Waals surface area (Å²) in [7, 11) is 1.96. The SMILES string of the molecule is CN(CCc1ccccc1)c1ncccc1C=O. The van der Waals surface area contributed by atoms with Gasteiger partial charge in [0.15, 0.2) is 6.29 Å². The van der Waals surface area contributed by atoms with E-state index in [4.69, 9.17) is 0 Å². The summed E-state index contributed by atoms with van der Waals surface area (Å²) in [4.78, 5) is 17.2. The quantitative estimate of drug-likeness (QED) is 0.753. The van der Waals surface area contributed by atoms with E-state index in [-0.39, 0.29) is 0 Å². The van der Waals surface area contributed by atoms with Gasteiger partial charge in [0, 0.05) is 19.8 Å². The number of pyridine rings is 1. The van der Waals surface area contributed by atoms with Crippen molar-refractivity contribution in [3.05, 3.63) is 59.8 Å². The second kappa shape index (κ2) is 5.96. The van der Waals surface area contributed by atoms with Crippen LogP contribution in [0.5, 0.6) is 0 Å². The summed E-state index contributed by atoms with van der Waals surface area (Å²) in [5, 5.41) is 0. The third-order valence-corrected chi connectivity index (χ3v) is 2.88. The molecule has 0 aliphatic rings. The van der Waals surface area contributed by atoms with E-state index in [0.717, 1.165) is 25.1 Å². The van der Waals surface area contributed by atoms with Crippen LogP contribution in [-0.4, -0.2) is 24.9 Å². The molecule has 2 aromatic rings. The molecule has 0 fully saturated rings. The van der Waals surface area contributed by atoms with Crippen molar-refractivity contribution in [2.24, 2.45) is 0 Å². The molecule has 0 amide bonds. The number of anilines is 1. The van der Waals surface area contributed by atoms with Gasteiger partial charge in [-0.05, 0) is 24.1 Å². The Bertz CT molecular complexity index is 511. The van der Waals surface area contributed by atoms with Gasteiger partial charge in [0.05, 0.1) is 5.56 Å². The molecule has 3 nitrogen and oxygen atoms in total. The highest BCUT2D eigenvalue weighted by Gasteiger charge is 2.07. The van der Waals surface area contributed by atoms with Crippen molar-refractivity contribution in [3.63, 3.8) is 0 Å². The zero-order chi connectivity index (χ0) is 12.8. The zero-order valence-electron chi connectivity index (χ0n) is 10.4. The third-order valence-electron chi connectivity index (χ3n) is 2.88. The van der Waals surface area contributed by atoms with E-state index >= 15 is 0 Å². The summed E-state index contributed by atoms with van der Waals surface area (Å²) < 4.78 is 0. The maximum Gasteiger partial charge on any atom is 0.153 e. The van der Waals surface area contributed by atoms with Crippen molar-refractivity contribution in [1.29, 1.82) is 0 Å². The van der Waals surface area contributed by atoms with Gasteiger partial charge < -0.3 is 4.90 Å². The van der Waals surface area contributed by atoms with Crippen LogP contribution in [0.25, 0.3) is 0 Å². The van der Waals surface area contributed by atoms with Gasteiger partial charge in [-0.2, -0.15) is 0 Å². The lowest BCUT2D eigenvalue weighted by molar-refractivity contribution is 0.112. The molecule has 1 aromatic carbocycles. The van der Waals surface area contributed by atoms with Crippen molar-refractivity contribution in [3.8, 4) is 0 Å². The van der Waals surface area contributed by atoms with Gasteiger partial charge in [-0.15, -0.1) is 0 Å². The molecule has 0 bridgehead atoms. The summed E-state index contributed by atoms with van der Waals surface area (Å²) >= 11 is 0. The predicted octanol–water partition coefficient (Wildman–Crippen LogP) is 2.57. The van der Waals surface area contributed by atoms with E-state index in [1.165, 1.54) is 5.56 Å². The maximum atomic E-state index is 10.9. The Morgan fingerprint density at radius 2 is 1.94 bits per heavy atom. The normalized spacial score (nSPS) is 10.1. The average molecular weight is 240 g/mol. The van der Waals surface area contributed by atoms with Gasteiger partial charge in [0.2, 0.25) is 0 Å². The van der Waals surface area contributed by atoms with Crippen LogP contribution in [0.4, 0.5) is 5.82 Å². The second-order valence-corrected chi connectivity index (χ2v) is 4.19. The molecule has 92 valence electrons. The smallest absolute Gasteiger partial charge is 0.153 e. The molecule has 0 aliphatic carbocycles. The van der Waals surface area contributed by atoms with E-state index < -0.39 is 0 Å². The summed E-state index contributed by atoms with van der Waals surface area (Å²) in [5.41, 5.74) is 1.92. The van der Waals surface area contributed by atoms with Crippen molar-refractivity contribution >= 4 is 12.1 Å². The zero-order valence-corrected chi connectivity index (χ0v) is 10.4. The molecule has 0 saturated heterocycles. The summed E-state index contributed by atoms with van der Waals surface area (Å²) in [6, 6.07) is 13.8. The van der Waals surface area contributed by atoms with E-state index in [2.05, 4.69) is 17.1 Å². The van der Waals surface area contributed by atoms with Crippen LogP contribution in [0.15, 0.2) is 48.7 Å². The molecular formula is C15H16N2O. The number of aldehydes is 1. The van der Waals surface area contributed by atoms with Crippen LogP contribution in [0.2, 0.25) is 0 Å². The number of likely N-dealkylation sites (N-methyl/N-ethyl adjacent to an activating group) is 1. The predicted molar refractivity (Wildman–Crippen MR) is 73.0 cm³/mol. The standard InChI is InChI=1S/C15H16N2O/c1-17(11-9-13-6-3-2-4-7-13)15-14(12-18)8-5-10-16-15/h2-8,10,12H,9,11H2,1H3. The fraction of sp³-hybridized carbons (Fsp3) is 0.200. The molecule has 0 unspecified atom stereocenters. The molecule has 3 heteroatoms. The van der Waals surface area contributed by atoms with Crippen LogP contribution in [0.3, 0.4) is 0 Å². The lowest BCUT2D eigenvalue weighted by atomic mass is 10.1. The first-order valence-electron chi connectivity index (χ1n) is 5.96. The number of aromatic nitrogens is 1. The molecule has 1 aromatic heterocycles. The topological polar surface area (TPSA) is 33.2 Å². The van der Waals surface area contributed by atoms with Gasteiger partial charge in [0.1, 0.15) is 5.82 Å². The summed E-state index contributed by atoms with van der Waals surface area (Å²) in [6.07, 6.45) is 3.49. The van der Waals surface area contributed by atoms with Gasteiger partial charge in [-0.25, -0.2) is 4.98 Å². The van der Waals surface area contributed by atoms with Crippen LogP contribution in [0.1, 0.15) is 15.9 Å². The first kappa shape index (κ1) is 12.3. The van der Waals surface area contributed by atoms with Gasteiger partial charge in [-0.3, -0.25) is 4.79 Å². The maximum absolute atomic E-state index is 10.9. The second-order valence-electron chi connectivity index (χ2n) is 4.19.